The summed E-state index contributed by atoms with van der Waals surface area (Å²) in [6.07, 6.45) is 10.6. The summed E-state index contributed by atoms with van der Waals surface area (Å²) >= 11 is 3.42. The Morgan fingerprint density at radius 2 is 1.74 bits per heavy atom. The highest BCUT2D eigenvalue weighted by atomic mass is 79.9. The molecule has 4 aliphatic rings. The number of benzene rings is 1. The average Bonchev–Trinajstić information content (AvgIpc) is 3.56. The number of nitrogens with one attached hydrogen (secondary N) is 2. The van der Waals surface area contributed by atoms with E-state index in [1.807, 2.05) is 36.4 Å². The number of fused-ring (bicyclic) bond motifs is 1. The van der Waals surface area contributed by atoms with Crippen LogP contribution in [-0.2, 0) is 19.1 Å². The maximum atomic E-state index is 14.1. The van der Waals surface area contributed by atoms with Crippen LogP contribution in [0.15, 0.2) is 40.9 Å². The molecule has 2 saturated heterocycles. The lowest BCUT2D eigenvalue weighted by Crippen LogP contribution is -2.57. The van der Waals surface area contributed by atoms with Gasteiger partial charge >= 0.3 is 0 Å². The van der Waals surface area contributed by atoms with Crippen LogP contribution in [0.3, 0.4) is 0 Å². The van der Waals surface area contributed by atoms with E-state index in [1.165, 1.54) is 6.42 Å². The lowest BCUT2D eigenvalue weighted by molar-refractivity contribution is -0.141. The molecule has 9 heteroatoms. The lowest BCUT2D eigenvalue weighted by Gasteiger charge is -2.35. The molecular weight excluding hydrogens is 560 g/mol. The summed E-state index contributed by atoms with van der Waals surface area (Å²) in [6, 6.07) is 6.70. The molecule has 1 aromatic rings. The van der Waals surface area contributed by atoms with Gasteiger partial charge in [0.05, 0.1) is 17.9 Å². The van der Waals surface area contributed by atoms with Crippen molar-refractivity contribution in [1.29, 1.82) is 0 Å². The molecule has 1 aromatic carbocycles. The Labute approximate surface area is 240 Å². The van der Waals surface area contributed by atoms with Crippen LogP contribution in [0, 0.1) is 11.8 Å². The minimum atomic E-state index is -1.12. The molecule has 212 valence electrons. The molecule has 1 spiro atoms. The van der Waals surface area contributed by atoms with Gasteiger partial charge in [-0.05, 0) is 63.0 Å². The summed E-state index contributed by atoms with van der Waals surface area (Å²) < 4.78 is 7.40. The Hall–Kier alpha value is -2.23. The molecule has 0 radical (unpaired) electrons. The molecule has 5 atom stereocenters. The molecule has 3 amide bonds. The van der Waals surface area contributed by atoms with Crippen LogP contribution < -0.4 is 10.6 Å². The Balaban J connectivity index is 1.41. The first-order valence-electron chi connectivity index (χ1n) is 14.6. The van der Waals surface area contributed by atoms with E-state index < -0.39 is 29.6 Å². The third-order valence-corrected chi connectivity index (χ3v) is 9.25. The smallest absolute Gasteiger partial charge is 0.246 e. The van der Waals surface area contributed by atoms with Gasteiger partial charge < -0.3 is 25.2 Å². The topological polar surface area (TPSA) is 91.0 Å². The van der Waals surface area contributed by atoms with Crippen molar-refractivity contribution in [1.82, 2.24) is 15.1 Å². The Kier molecular flexibility index (Phi) is 8.79. The molecule has 3 heterocycles. The highest BCUT2D eigenvalue weighted by Gasteiger charge is 2.72. The molecule has 1 aliphatic carbocycles. The Morgan fingerprint density at radius 3 is 2.41 bits per heavy atom. The number of hydrogen-bond acceptors (Lipinski definition) is 5. The predicted octanol–water partition coefficient (Wildman–Crippen LogP) is 4.11. The van der Waals surface area contributed by atoms with Gasteiger partial charge in [0.15, 0.2) is 0 Å². The number of carbonyl (C=O) groups is 3. The van der Waals surface area contributed by atoms with Crippen molar-refractivity contribution >= 4 is 39.3 Å². The molecule has 5 rings (SSSR count). The van der Waals surface area contributed by atoms with Crippen LogP contribution in [-0.4, -0.2) is 77.5 Å². The summed E-state index contributed by atoms with van der Waals surface area (Å²) in [5.41, 5.74) is -0.463. The number of hydrogen-bond donors (Lipinski definition) is 2. The van der Waals surface area contributed by atoms with Crippen LogP contribution >= 0.6 is 15.9 Å². The monoisotopic (exact) mass is 600 g/mol. The third kappa shape index (κ3) is 5.55. The van der Waals surface area contributed by atoms with E-state index in [2.05, 4.69) is 45.3 Å². The first-order valence-corrected chi connectivity index (χ1v) is 15.4. The second-order valence-corrected chi connectivity index (χ2v) is 12.3. The highest BCUT2D eigenvalue weighted by molar-refractivity contribution is 9.10. The van der Waals surface area contributed by atoms with Crippen molar-refractivity contribution in [3.63, 3.8) is 0 Å². The minimum absolute atomic E-state index is 0.120. The molecule has 2 N–H and O–H groups in total. The number of amides is 3. The van der Waals surface area contributed by atoms with Gasteiger partial charge in [-0.2, -0.15) is 0 Å². The zero-order valence-corrected chi connectivity index (χ0v) is 24.6. The molecule has 2 bridgehead atoms. The number of ether oxygens (including phenoxy) is 1. The Morgan fingerprint density at radius 1 is 1.05 bits per heavy atom. The van der Waals surface area contributed by atoms with E-state index in [9.17, 15) is 14.4 Å². The summed E-state index contributed by atoms with van der Waals surface area (Å²) in [4.78, 5) is 45.8. The molecule has 3 aliphatic heterocycles. The fourth-order valence-electron chi connectivity index (χ4n) is 7.01. The zero-order valence-electron chi connectivity index (χ0n) is 23.0. The average molecular weight is 602 g/mol. The van der Waals surface area contributed by atoms with E-state index >= 15 is 0 Å². The van der Waals surface area contributed by atoms with Crippen molar-refractivity contribution < 1.29 is 19.1 Å². The molecule has 0 aromatic heterocycles. The van der Waals surface area contributed by atoms with Crippen molar-refractivity contribution in [2.24, 2.45) is 11.8 Å². The van der Waals surface area contributed by atoms with Gasteiger partial charge in [0, 0.05) is 29.3 Å². The second kappa shape index (κ2) is 12.1. The fourth-order valence-corrected chi connectivity index (χ4v) is 7.28. The third-order valence-electron chi connectivity index (χ3n) is 8.73. The molecule has 0 unspecified atom stereocenters. The van der Waals surface area contributed by atoms with Crippen LogP contribution in [0.4, 0.5) is 5.69 Å². The molecular formula is C30H41BrN4O4. The van der Waals surface area contributed by atoms with Crippen LogP contribution in [0.5, 0.6) is 0 Å². The zero-order chi connectivity index (χ0) is 27.6. The molecule has 8 nitrogen and oxygen atoms in total. The quantitative estimate of drug-likeness (QED) is 0.373. The molecule has 1 saturated carbocycles. The van der Waals surface area contributed by atoms with E-state index in [1.54, 1.807) is 4.90 Å². The first-order chi connectivity index (χ1) is 18.9. The predicted molar refractivity (Wildman–Crippen MR) is 154 cm³/mol. The van der Waals surface area contributed by atoms with Gasteiger partial charge in [-0.3, -0.25) is 14.4 Å². The maximum absolute atomic E-state index is 14.1. The Bertz CT molecular complexity index is 1080. The van der Waals surface area contributed by atoms with Gasteiger partial charge in [0.25, 0.3) is 0 Å². The van der Waals surface area contributed by atoms with E-state index in [0.29, 0.717) is 18.8 Å². The van der Waals surface area contributed by atoms with E-state index in [0.717, 1.165) is 56.1 Å². The summed E-state index contributed by atoms with van der Waals surface area (Å²) in [6.45, 7) is 7.31. The number of halogens is 1. The summed E-state index contributed by atoms with van der Waals surface area (Å²) in [5, 5.41) is 6.24. The van der Waals surface area contributed by atoms with Gasteiger partial charge in [0.1, 0.15) is 11.6 Å². The normalized spacial score (nSPS) is 29.7. The van der Waals surface area contributed by atoms with Crippen LogP contribution in [0.1, 0.15) is 58.8 Å². The molecule has 3 fully saturated rings. The van der Waals surface area contributed by atoms with Gasteiger partial charge in [-0.15, -0.1) is 0 Å². The first kappa shape index (κ1) is 28.3. The minimum Gasteiger partial charge on any atom is -0.359 e. The number of likely N-dealkylation sites (tertiary alicyclic amines) is 1. The number of anilines is 1. The van der Waals surface area contributed by atoms with Crippen molar-refractivity contribution in [2.45, 2.75) is 82.6 Å². The second-order valence-electron chi connectivity index (χ2n) is 11.4. The largest absolute Gasteiger partial charge is 0.359 e. The highest BCUT2D eigenvalue weighted by Crippen LogP contribution is 2.55. The lowest BCUT2D eigenvalue weighted by atomic mass is 9.74. The number of carbonyl (C=O) groups excluding carboxylic acids is 3. The fraction of sp³-hybridized carbons (Fsp3) is 0.633. The summed E-state index contributed by atoms with van der Waals surface area (Å²) in [7, 11) is 0. The maximum Gasteiger partial charge on any atom is 0.246 e. The van der Waals surface area contributed by atoms with Crippen LogP contribution in [0.25, 0.3) is 0 Å². The van der Waals surface area contributed by atoms with Gasteiger partial charge in [0.2, 0.25) is 17.7 Å². The number of rotatable bonds is 11. The van der Waals surface area contributed by atoms with Gasteiger partial charge in [-0.1, -0.05) is 61.2 Å². The van der Waals surface area contributed by atoms with E-state index in [-0.39, 0.29) is 23.8 Å². The van der Waals surface area contributed by atoms with Crippen molar-refractivity contribution in [3.05, 3.63) is 40.9 Å². The van der Waals surface area contributed by atoms with Gasteiger partial charge in [-0.25, -0.2) is 0 Å². The standard InChI is InChI=1S/C30H41BrN4O4/c1-3-16-34(17-4-2)18-19-35-26(28(37)33-21-8-6-5-7-9-21)30-15-14-23(39-30)24(25(30)29(35)38)27(36)32-22-12-10-20(31)11-13-22/h10-15,21,23-26H,3-9,16-19H2,1-2H3,(H,32,36)(H,33,37)/t23-,24+,25-,26-,30-/m0/s1. The van der Waals surface area contributed by atoms with Crippen molar-refractivity contribution in [3.8, 4) is 0 Å². The summed E-state index contributed by atoms with van der Waals surface area (Å²) in [5.74, 6) is -1.98. The SMILES string of the molecule is CCCN(CCC)CCN1C(=O)[C@@H]2[C@H](C(=O)Nc3ccc(Br)cc3)[C@@H]3C=C[C@@]2(O3)[C@@H]1C(=O)NC1CCCCC1. The van der Waals surface area contributed by atoms with E-state index in [4.69, 9.17) is 4.74 Å². The molecule has 39 heavy (non-hydrogen) atoms. The van der Waals surface area contributed by atoms with Crippen molar-refractivity contribution in [2.75, 3.05) is 31.5 Å². The number of nitrogens with zero attached hydrogens (tertiary/aromatic N) is 2. The van der Waals surface area contributed by atoms with Crippen LogP contribution in [0.2, 0.25) is 0 Å².